The summed E-state index contributed by atoms with van der Waals surface area (Å²) in [5, 5.41) is 0.623. The predicted octanol–water partition coefficient (Wildman–Crippen LogP) is 3.08. The van der Waals surface area contributed by atoms with E-state index in [2.05, 4.69) is 15.9 Å². The first-order chi connectivity index (χ1) is 6.39. The number of sulfone groups is 1. The lowest BCUT2D eigenvalue weighted by Gasteiger charge is -1.96. The van der Waals surface area contributed by atoms with Crippen molar-refractivity contribution in [2.45, 2.75) is 0 Å². The minimum Gasteiger partial charge on any atom is -0.223 e. The van der Waals surface area contributed by atoms with Crippen molar-refractivity contribution >= 4 is 43.4 Å². The van der Waals surface area contributed by atoms with Crippen molar-refractivity contribution in [2.75, 3.05) is 6.26 Å². The highest BCUT2D eigenvalue weighted by molar-refractivity contribution is 9.13. The first-order valence-corrected chi connectivity index (χ1v) is 6.78. The molecule has 0 N–H and O–H groups in total. The Morgan fingerprint density at radius 3 is 2.29 bits per heavy atom. The van der Waals surface area contributed by atoms with E-state index < -0.39 is 9.84 Å². The van der Waals surface area contributed by atoms with Crippen LogP contribution in [0.25, 0.3) is 6.08 Å². The second kappa shape index (κ2) is 4.47. The van der Waals surface area contributed by atoms with E-state index in [9.17, 15) is 8.42 Å². The molecule has 1 rings (SSSR count). The summed E-state index contributed by atoms with van der Waals surface area (Å²) in [6.45, 7) is 0. The van der Waals surface area contributed by atoms with Crippen molar-refractivity contribution in [1.82, 2.24) is 0 Å². The number of hydrogen-bond acceptors (Lipinski definition) is 2. The Labute approximate surface area is 96.6 Å². The largest absolute Gasteiger partial charge is 0.223 e. The summed E-state index contributed by atoms with van der Waals surface area (Å²) >= 11 is 8.68. The van der Waals surface area contributed by atoms with E-state index in [0.717, 1.165) is 11.8 Å². The molecule has 0 aliphatic carbocycles. The molecule has 0 heterocycles. The van der Waals surface area contributed by atoms with Crippen molar-refractivity contribution < 1.29 is 8.42 Å². The molecule has 0 aliphatic heterocycles. The second-order valence-corrected chi connectivity index (χ2v) is 6.57. The third-order valence-electron chi connectivity index (χ3n) is 1.50. The van der Waals surface area contributed by atoms with Crippen LogP contribution in [0.4, 0.5) is 0 Å². The van der Waals surface area contributed by atoms with Gasteiger partial charge in [0, 0.05) is 11.3 Å². The van der Waals surface area contributed by atoms with Crippen LogP contribution < -0.4 is 0 Å². The Kier molecular flexibility index (Phi) is 3.75. The average Bonchev–Trinajstić information content (AvgIpc) is 2.07. The van der Waals surface area contributed by atoms with Gasteiger partial charge in [0.2, 0.25) is 0 Å². The van der Waals surface area contributed by atoms with Crippen LogP contribution in [0.1, 0.15) is 5.56 Å². The molecule has 2 nitrogen and oxygen atoms in total. The van der Waals surface area contributed by atoms with Crippen LogP contribution >= 0.6 is 27.5 Å². The lowest BCUT2D eigenvalue weighted by atomic mass is 10.2. The van der Waals surface area contributed by atoms with E-state index in [0.29, 0.717) is 5.02 Å². The molecule has 0 radical (unpaired) electrons. The highest BCUT2D eigenvalue weighted by Crippen LogP contribution is 2.18. The van der Waals surface area contributed by atoms with Gasteiger partial charge in [-0.15, -0.1) is 0 Å². The zero-order valence-corrected chi connectivity index (χ0v) is 10.5. The van der Waals surface area contributed by atoms with Crippen molar-refractivity contribution in [1.29, 1.82) is 0 Å². The van der Waals surface area contributed by atoms with Gasteiger partial charge in [-0.2, -0.15) is 0 Å². The summed E-state index contributed by atoms with van der Waals surface area (Å²) in [6, 6.07) is 6.90. The fourth-order valence-electron chi connectivity index (χ4n) is 0.797. The molecule has 5 heteroatoms. The second-order valence-electron chi connectivity index (χ2n) is 2.77. The number of hydrogen-bond donors (Lipinski definition) is 0. The molecule has 0 bridgehead atoms. The minimum absolute atomic E-state index is 0.160. The fraction of sp³-hybridized carbons (Fsp3) is 0.111. The van der Waals surface area contributed by atoms with Crippen molar-refractivity contribution in [3.05, 3.63) is 38.7 Å². The van der Waals surface area contributed by atoms with Crippen molar-refractivity contribution in [3.63, 3.8) is 0 Å². The van der Waals surface area contributed by atoms with Crippen LogP contribution in [0.15, 0.2) is 28.1 Å². The zero-order valence-electron chi connectivity index (χ0n) is 7.37. The number of halogens is 2. The van der Waals surface area contributed by atoms with Crippen molar-refractivity contribution in [3.8, 4) is 0 Å². The van der Waals surface area contributed by atoms with Gasteiger partial charge in [0.1, 0.15) is 3.81 Å². The first kappa shape index (κ1) is 11.8. The van der Waals surface area contributed by atoms with Crippen LogP contribution in [-0.2, 0) is 9.84 Å². The Hall–Kier alpha value is -0.320. The monoisotopic (exact) mass is 294 g/mol. The standard InChI is InChI=1S/C9H8BrClO2S/c1-14(12,13)9(10)6-7-2-4-8(11)5-3-7/h2-6H,1H3/b9-6+. The summed E-state index contributed by atoms with van der Waals surface area (Å²) < 4.78 is 22.3. The molecule has 0 saturated carbocycles. The molecule has 0 aromatic heterocycles. The molecule has 0 spiro atoms. The van der Waals surface area contributed by atoms with E-state index >= 15 is 0 Å². The molecule has 0 fully saturated rings. The lowest BCUT2D eigenvalue weighted by Crippen LogP contribution is -1.93. The van der Waals surface area contributed by atoms with Gasteiger partial charge in [-0.05, 0) is 39.7 Å². The fourth-order valence-corrected chi connectivity index (χ4v) is 1.54. The summed E-state index contributed by atoms with van der Waals surface area (Å²) in [4.78, 5) is 0. The summed E-state index contributed by atoms with van der Waals surface area (Å²) in [5.74, 6) is 0. The predicted molar refractivity (Wildman–Crippen MR) is 63.2 cm³/mol. The Balaban J connectivity index is 3.05. The quantitative estimate of drug-likeness (QED) is 0.840. The normalized spacial score (nSPS) is 12.9. The van der Waals surface area contributed by atoms with Crippen molar-refractivity contribution in [2.24, 2.45) is 0 Å². The highest BCUT2D eigenvalue weighted by Gasteiger charge is 2.06. The number of benzene rings is 1. The maximum atomic E-state index is 11.1. The summed E-state index contributed by atoms with van der Waals surface area (Å²) in [6.07, 6.45) is 2.68. The van der Waals surface area contributed by atoms with Gasteiger partial charge in [-0.25, -0.2) is 8.42 Å². The molecule has 1 aromatic rings. The number of rotatable bonds is 2. The van der Waals surface area contributed by atoms with E-state index in [-0.39, 0.29) is 3.81 Å². The molecule has 0 aliphatic rings. The molecular formula is C9H8BrClO2S. The highest BCUT2D eigenvalue weighted by atomic mass is 79.9. The van der Waals surface area contributed by atoms with E-state index in [1.54, 1.807) is 24.3 Å². The smallest absolute Gasteiger partial charge is 0.182 e. The summed E-state index contributed by atoms with van der Waals surface area (Å²) in [5.41, 5.74) is 0.784. The molecule has 1 aromatic carbocycles. The first-order valence-electron chi connectivity index (χ1n) is 3.72. The molecule has 0 atom stereocenters. The molecule has 0 amide bonds. The van der Waals surface area contributed by atoms with Gasteiger partial charge in [0.25, 0.3) is 0 Å². The van der Waals surface area contributed by atoms with Crippen LogP contribution in [0.5, 0.6) is 0 Å². The van der Waals surface area contributed by atoms with E-state index in [1.807, 2.05) is 0 Å². The van der Waals surface area contributed by atoms with Gasteiger partial charge in [-0.1, -0.05) is 23.7 Å². The Bertz CT molecular complexity index is 448. The molecule has 0 saturated heterocycles. The maximum Gasteiger partial charge on any atom is 0.182 e. The van der Waals surface area contributed by atoms with Crippen LogP contribution in [-0.4, -0.2) is 14.7 Å². The summed E-state index contributed by atoms with van der Waals surface area (Å²) in [7, 11) is -3.17. The van der Waals surface area contributed by atoms with E-state index in [4.69, 9.17) is 11.6 Å². The van der Waals surface area contributed by atoms with Crippen LogP contribution in [0.3, 0.4) is 0 Å². The third-order valence-corrected chi connectivity index (χ3v) is 4.58. The van der Waals surface area contributed by atoms with Gasteiger partial charge >= 0.3 is 0 Å². The Morgan fingerprint density at radius 1 is 1.36 bits per heavy atom. The van der Waals surface area contributed by atoms with Gasteiger partial charge < -0.3 is 0 Å². The molecule has 14 heavy (non-hydrogen) atoms. The Morgan fingerprint density at radius 2 is 1.86 bits per heavy atom. The van der Waals surface area contributed by atoms with E-state index in [1.165, 1.54) is 6.08 Å². The average molecular weight is 296 g/mol. The van der Waals surface area contributed by atoms with Gasteiger partial charge in [-0.3, -0.25) is 0 Å². The topological polar surface area (TPSA) is 34.1 Å². The van der Waals surface area contributed by atoms with Crippen LogP contribution in [0.2, 0.25) is 5.02 Å². The zero-order chi connectivity index (χ0) is 10.8. The van der Waals surface area contributed by atoms with Crippen LogP contribution in [0, 0.1) is 0 Å². The lowest BCUT2D eigenvalue weighted by molar-refractivity contribution is 0.610. The third kappa shape index (κ3) is 3.44. The van der Waals surface area contributed by atoms with Gasteiger partial charge in [0.05, 0.1) is 0 Å². The SMILES string of the molecule is CS(=O)(=O)/C(Br)=C/c1ccc(Cl)cc1. The molecular weight excluding hydrogens is 288 g/mol. The van der Waals surface area contributed by atoms with Gasteiger partial charge in [0.15, 0.2) is 9.84 Å². The molecule has 0 unspecified atom stereocenters. The molecule has 76 valence electrons. The maximum absolute atomic E-state index is 11.1. The minimum atomic E-state index is -3.17.